The van der Waals surface area contributed by atoms with Crippen molar-refractivity contribution in [3.05, 3.63) is 65.9 Å². The third-order valence-corrected chi connectivity index (χ3v) is 5.48. The molecule has 0 saturated carbocycles. The van der Waals surface area contributed by atoms with Crippen LogP contribution in [0.1, 0.15) is 50.7 Å². The SMILES string of the molecule is CCN(CC)CCNC(=O)c1nc(-c2ccc(C(C)(C)C)cc2)oc1-c1ccccc1. The van der Waals surface area contributed by atoms with Gasteiger partial charge in [-0.3, -0.25) is 4.79 Å². The van der Waals surface area contributed by atoms with E-state index in [0.29, 0.717) is 23.9 Å². The van der Waals surface area contributed by atoms with Crippen LogP contribution < -0.4 is 5.32 Å². The Morgan fingerprint density at radius 1 is 0.968 bits per heavy atom. The third kappa shape index (κ3) is 5.61. The molecule has 3 aromatic rings. The second kappa shape index (κ2) is 9.92. The second-order valence-electron chi connectivity index (χ2n) is 8.67. The molecule has 0 atom stereocenters. The van der Waals surface area contributed by atoms with E-state index in [0.717, 1.165) is 30.8 Å². The zero-order chi connectivity index (χ0) is 22.4. The van der Waals surface area contributed by atoms with Gasteiger partial charge in [-0.15, -0.1) is 0 Å². The van der Waals surface area contributed by atoms with Crippen LogP contribution in [-0.4, -0.2) is 42.0 Å². The van der Waals surface area contributed by atoms with Crippen molar-refractivity contribution in [2.24, 2.45) is 0 Å². The molecule has 164 valence electrons. The first-order valence-electron chi connectivity index (χ1n) is 11.0. The summed E-state index contributed by atoms with van der Waals surface area (Å²) < 4.78 is 6.12. The van der Waals surface area contributed by atoms with E-state index in [-0.39, 0.29) is 11.3 Å². The standard InChI is InChI=1S/C26H33N3O2/c1-6-29(7-2)18-17-27-24(30)22-23(19-11-9-8-10-12-19)31-25(28-22)20-13-15-21(16-14-20)26(3,4)5/h8-16H,6-7,17-18H2,1-5H3,(H,27,30). The van der Waals surface area contributed by atoms with Crippen LogP contribution in [0.5, 0.6) is 0 Å². The van der Waals surface area contributed by atoms with E-state index in [2.05, 4.69) is 62.0 Å². The number of oxazole rings is 1. The minimum absolute atomic E-state index is 0.0697. The van der Waals surface area contributed by atoms with E-state index in [1.807, 2.05) is 42.5 Å². The Morgan fingerprint density at radius 2 is 1.61 bits per heavy atom. The summed E-state index contributed by atoms with van der Waals surface area (Å²) in [5, 5.41) is 3.00. The van der Waals surface area contributed by atoms with Crippen LogP contribution in [0.3, 0.4) is 0 Å². The summed E-state index contributed by atoms with van der Waals surface area (Å²) in [5.74, 6) is 0.733. The fourth-order valence-corrected chi connectivity index (χ4v) is 3.45. The number of carbonyl (C=O) groups is 1. The van der Waals surface area contributed by atoms with Crippen LogP contribution in [0.4, 0.5) is 0 Å². The number of hydrogen-bond acceptors (Lipinski definition) is 4. The quantitative estimate of drug-likeness (QED) is 0.533. The van der Waals surface area contributed by atoms with Gasteiger partial charge in [0.1, 0.15) is 0 Å². The molecule has 0 aliphatic rings. The van der Waals surface area contributed by atoms with E-state index < -0.39 is 0 Å². The lowest BCUT2D eigenvalue weighted by Gasteiger charge is -2.18. The lowest BCUT2D eigenvalue weighted by Crippen LogP contribution is -2.35. The minimum Gasteiger partial charge on any atom is -0.435 e. The Balaban J connectivity index is 1.89. The van der Waals surface area contributed by atoms with Crippen molar-refractivity contribution >= 4 is 5.91 Å². The molecule has 0 aliphatic carbocycles. The van der Waals surface area contributed by atoms with Gasteiger partial charge < -0.3 is 14.6 Å². The highest BCUT2D eigenvalue weighted by atomic mass is 16.4. The zero-order valence-electron chi connectivity index (χ0n) is 19.2. The smallest absolute Gasteiger partial charge is 0.273 e. The summed E-state index contributed by atoms with van der Waals surface area (Å²) in [5.41, 5.74) is 3.31. The molecule has 0 spiro atoms. The summed E-state index contributed by atoms with van der Waals surface area (Å²) in [6.45, 7) is 14.1. The number of aromatic nitrogens is 1. The van der Waals surface area contributed by atoms with Gasteiger partial charge in [-0.1, -0.05) is 77.1 Å². The van der Waals surface area contributed by atoms with Gasteiger partial charge in [-0.2, -0.15) is 0 Å². The molecule has 5 nitrogen and oxygen atoms in total. The fourth-order valence-electron chi connectivity index (χ4n) is 3.45. The Hall–Kier alpha value is -2.92. The van der Waals surface area contributed by atoms with Crippen LogP contribution in [0, 0.1) is 0 Å². The Bertz CT molecular complexity index is 982. The van der Waals surface area contributed by atoms with Crippen molar-refractivity contribution in [2.45, 2.75) is 40.0 Å². The average molecular weight is 420 g/mol. The highest BCUT2D eigenvalue weighted by Gasteiger charge is 2.22. The highest BCUT2D eigenvalue weighted by molar-refractivity contribution is 5.98. The maximum absolute atomic E-state index is 13.0. The van der Waals surface area contributed by atoms with Crippen molar-refractivity contribution in [1.29, 1.82) is 0 Å². The van der Waals surface area contributed by atoms with Gasteiger partial charge >= 0.3 is 0 Å². The maximum atomic E-state index is 13.0. The van der Waals surface area contributed by atoms with E-state index in [1.165, 1.54) is 5.56 Å². The van der Waals surface area contributed by atoms with Crippen molar-refractivity contribution in [1.82, 2.24) is 15.2 Å². The van der Waals surface area contributed by atoms with Crippen molar-refractivity contribution in [3.63, 3.8) is 0 Å². The van der Waals surface area contributed by atoms with E-state index in [1.54, 1.807) is 0 Å². The second-order valence-corrected chi connectivity index (χ2v) is 8.67. The topological polar surface area (TPSA) is 58.4 Å². The largest absolute Gasteiger partial charge is 0.435 e. The van der Waals surface area contributed by atoms with Gasteiger partial charge in [-0.25, -0.2) is 4.98 Å². The summed E-state index contributed by atoms with van der Waals surface area (Å²) >= 11 is 0. The van der Waals surface area contributed by atoms with Crippen LogP contribution in [0.15, 0.2) is 59.0 Å². The molecule has 0 fully saturated rings. The average Bonchev–Trinajstić information content (AvgIpc) is 3.22. The molecule has 5 heteroatoms. The number of amides is 1. The van der Waals surface area contributed by atoms with Gasteiger partial charge in [-0.05, 0) is 36.2 Å². The van der Waals surface area contributed by atoms with Crippen molar-refractivity contribution in [3.8, 4) is 22.8 Å². The number of carbonyl (C=O) groups excluding carboxylic acids is 1. The van der Waals surface area contributed by atoms with E-state index >= 15 is 0 Å². The predicted molar refractivity (Wildman–Crippen MR) is 126 cm³/mol. The predicted octanol–water partition coefficient (Wildman–Crippen LogP) is 5.38. The molecule has 1 aromatic heterocycles. The molecular formula is C26H33N3O2. The molecule has 0 radical (unpaired) electrons. The third-order valence-electron chi connectivity index (χ3n) is 5.48. The summed E-state index contributed by atoms with van der Waals surface area (Å²) in [6, 6.07) is 17.8. The lowest BCUT2D eigenvalue weighted by atomic mass is 9.87. The molecule has 0 bridgehead atoms. The summed E-state index contributed by atoms with van der Waals surface area (Å²) in [7, 11) is 0. The lowest BCUT2D eigenvalue weighted by molar-refractivity contribution is 0.0945. The molecule has 2 aromatic carbocycles. The van der Waals surface area contributed by atoms with Crippen LogP contribution in [0.2, 0.25) is 0 Å². The fraction of sp³-hybridized carbons (Fsp3) is 0.385. The first-order valence-corrected chi connectivity index (χ1v) is 11.0. The normalized spacial score (nSPS) is 11.7. The van der Waals surface area contributed by atoms with Gasteiger partial charge in [0.2, 0.25) is 5.89 Å². The number of nitrogens with zero attached hydrogens (tertiary/aromatic N) is 2. The number of rotatable bonds is 8. The number of nitrogens with one attached hydrogen (secondary N) is 1. The maximum Gasteiger partial charge on any atom is 0.273 e. The Kier molecular flexibility index (Phi) is 7.29. The first-order chi connectivity index (χ1) is 14.8. The van der Waals surface area contributed by atoms with E-state index in [4.69, 9.17) is 4.42 Å². The molecule has 3 rings (SSSR count). The number of benzene rings is 2. The van der Waals surface area contributed by atoms with Crippen molar-refractivity contribution < 1.29 is 9.21 Å². The van der Waals surface area contributed by atoms with Crippen LogP contribution >= 0.6 is 0 Å². The molecule has 31 heavy (non-hydrogen) atoms. The van der Waals surface area contributed by atoms with Crippen LogP contribution in [0.25, 0.3) is 22.8 Å². The molecule has 1 heterocycles. The molecular weight excluding hydrogens is 386 g/mol. The molecule has 0 saturated heterocycles. The summed E-state index contributed by atoms with van der Waals surface area (Å²) in [6.07, 6.45) is 0. The first kappa shape index (κ1) is 22.8. The van der Waals surface area contributed by atoms with Gasteiger partial charge in [0.15, 0.2) is 11.5 Å². The van der Waals surface area contributed by atoms with Gasteiger partial charge in [0.05, 0.1) is 0 Å². The zero-order valence-corrected chi connectivity index (χ0v) is 19.2. The summed E-state index contributed by atoms with van der Waals surface area (Å²) in [4.78, 5) is 19.8. The molecule has 0 unspecified atom stereocenters. The number of hydrogen-bond donors (Lipinski definition) is 1. The molecule has 1 amide bonds. The van der Waals surface area contributed by atoms with Gasteiger partial charge in [0, 0.05) is 24.2 Å². The molecule has 1 N–H and O–H groups in total. The van der Waals surface area contributed by atoms with Crippen LogP contribution in [-0.2, 0) is 5.41 Å². The van der Waals surface area contributed by atoms with Crippen molar-refractivity contribution in [2.75, 3.05) is 26.2 Å². The molecule has 0 aliphatic heterocycles. The minimum atomic E-state index is -0.215. The monoisotopic (exact) mass is 419 g/mol. The highest BCUT2D eigenvalue weighted by Crippen LogP contribution is 2.31. The number of likely N-dealkylation sites (N-methyl/N-ethyl adjacent to an activating group) is 1. The Labute approximate surface area is 185 Å². The van der Waals surface area contributed by atoms with E-state index in [9.17, 15) is 4.79 Å². The Morgan fingerprint density at radius 3 is 2.19 bits per heavy atom. The van der Waals surface area contributed by atoms with Gasteiger partial charge in [0.25, 0.3) is 5.91 Å².